The molecule has 0 aromatic heterocycles. The number of methoxy groups -OCH3 is 1. The van der Waals surface area contributed by atoms with Crippen molar-refractivity contribution in [2.24, 2.45) is 0 Å². The third kappa shape index (κ3) is 4.66. The lowest BCUT2D eigenvalue weighted by Gasteiger charge is -2.39. The van der Waals surface area contributed by atoms with Crippen LogP contribution in [0.5, 0.6) is 0 Å². The Balaban J connectivity index is 1.67. The second-order valence-electron chi connectivity index (χ2n) is 5.17. The lowest BCUT2D eigenvalue weighted by atomic mass is 10.0. The van der Waals surface area contributed by atoms with Gasteiger partial charge in [0.1, 0.15) is 0 Å². The maximum Gasteiger partial charge on any atom is 0.181 e. The van der Waals surface area contributed by atoms with E-state index >= 15 is 0 Å². The third-order valence-corrected chi connectivity index (χ3v) is 3.52. The van der Waals surface area contributed by atoms with Crippen LogP contribution in [-0.4, -0.2) is 81.7 Å². The molecule has 2 fully saturated rings. The Bertz CT molecular complexity index is 257. The first-order valence-electron chi connectivity index (χ1n) is 6.99. The number of hydrogen-bond acceptors (Lipinski definition) is 6. The molecule has 0 radical (unpaired) electrons. The lowest BCUT2D eigenvalue weighted by Crippen LogP contribution is -2.51. The summed E-state index contributed by atoms with van der Waals surface area (Å²) in [6, 6.07) is 0. The highest BCUT2D eigenvalue weighted by Crippen LogP contribution is 2.29. The average molecular weight is 275 g/mol. The SMILES string of the molecule is COCCOCC(O)CN1CCCC2(C1)OCCO2. The Labute approximate surface area is 114 Å². The summed E-state index contributed by atoms with van der Waals surface area (Å²) in [4.78, 5) is 2.19. The normalized spacial score (nSPS) is 24.9. The fourth-order valence-corrected chi connectivity index (χ4v) is 2.67. The van der Waals surface area contributed by atoms with Crippen LogP contribution < -0.4 is 0 Å². The first-order valence-corrected chi connectivity index (χ1v) is 6.99. The van der Waals surface area contributed by atoms with Gasteiger partial charge in [0, 0.05) is 20.1 Å². The first kappa shape index (κ1) is 15.2. The molecule has 2 rings (SSSR count). The summed E-state index contributed by atoms with van der Waals surface area (Å²) < 4.78 is 21.6. The molecule has 112 valence electrons. The highest BCUT2D eigenvalue weighted by atomic mass is 16.7. The fraction of sp³-hybridized carbons (Fsp3) is 1.00. The van der Waals surface area contributed by atoms with Crippen LogP contribution in [0.1, 0.15) is 12.8 Å². The smallest absolute Gasteiger partial charge is 0.181 e. The molecule has 0 aromatic carbocycles. The molecule has 2 saturated heterocycles. The number of piperidine rings is 1. The molecule has 0 aromatic rings. The molecule has 0 saturated carbocycles. The van der Waals surface area contributed by atoms with Crippen LogP contribution in [0.3, 0.4) is 0 Å². The molecule has 1 N–H and O–H groups in total. The van der Waals surface area contributed by atoms with Crippen LogP contribution in [0.15, 0.2) is 0 Å². The molecule has 2 aliphatic heterocycles. The summed E-state index contributed by atoms with van der Waals surface area (Å²) in [6.45, 7) is 5.08. The molecule has 1 unspecified atom stereocenters. The van der Waals surface area contributed by atoms with Crippen molar-refractivity contribution in [1.82, 2.24) is 4.90 Å². The largest absolute Gasteiger partial charge is 0.389 e. The predicted octanol–water partition coefficient (Wildman–Crippen LogP) is -0.151. The fourth-order valence-electron chi connectivity index (χ4n) is 2.67. The number of aliphatic hydroxyl groups excluding tert-OH is 1. The van der Waals surface area contributed by atoms with Gasteiger partial charge in [-0.2, -0.15) is 0 Å². The molecule has 1 atom stereocenters. The van der Waals surface area contributed by atoms with Crippen molar-refractivity contribution in [1.29, 1.82) is 0 Å². The van der Waals surface area contributed by atoms with Crippen molar-refractivity contribution < 1.29 is 24.1 Å². The van der Waals surface area contributed by atoms with E-state index in [0.29, 0.717) is 39.6 Å². The molecule has 0 bridgehead atoms. The average Bonchev–Trinajstić information content (AvgIpc) is 2.83. The quantitative estimate of drug-likeness (QED) is 0.652. The molecule has 0 aliphatic carbocycles. The minimum Gasteiger partial charge on any atom is -0.389 e. The van der Waals surface area contributed by atoms with Crippen LogP contribution in [-0.2, 0) is 18.9 Å². The van der Waals surface area contributed by atoms with E-state index in [1.54, 1.807) is 7.11 Å². The second kappa shape index (κ2) is 7.52. The maximum absolute atomic E-state index is 9.94. The van der Waals surface area contributed by atoms with Gasteiger partial charge in [-0.3, -0.25) is 4.90 Å². The predicted molar refractivity (Wildman–Crippen MR) is 69.0 cm³/mol. The van der Waals surface area contributed by atoms with E-state index in [4.69, 9.17) is 18.9 Å². The molecule has 2 aliphatic rings. The number of rotatable bonds is 7. The number of likely N-dealkylation sites (tertiary alicyclic amines) is 1. The summed E-state index contributed by atoms with van der Waals surface area (Å²) in [5, 5.41) is 9.94. The number of ether oxygens (including phenoxy) is 4. The highest BCUT2D eigenvalue weighted by Gasteiger charge is 2.40. The van der Waals surface area contributed by atoms with Crippen LogP contribution in [0.25, 0.3) is 0 Å². The summed E-state index contributed by atoms with van der Waals surface area (Å²) in [5.41, 5.74) is 0. The molecule has 19 heavy (non-hydrogen) atoms. The van der Waals surface area contributed by atoms with Gasteiger partial charge in [0.05, 0.1) is 45.7 Å². The van der Waals surface area contributed by atoms with Crippen LogP contribution in [0.4, 0.5) is 0 Å². The van der Waals surface area contributed by atoms with Gasteiger partial charge in [-0.15, -0.1) is 0 Å². The Morgan fingerprint density at radius 3 is 2.84 bits per heavy atom. The van der Waals surface area contributed by atoms with E-state index in [1.807, 2.05) is 0 Å². The van der Waals surface area contributed by atoms with E-state index in [9.17, 15) is 5.11 Å². The van der Waals surface area contributed by atoms with Crippen LogP contribution >= 0.6 is 0 Å². The molecule has 1 spiro atoms. The van der Waals surface area contributed by atoms with E-state index in [1.165, 1.54) is 0 Å². The Hall–Kier alpha value is -0.240. The van der Waals surface area contributed by atoms with Gasteiger partial charge in [-0.1, -0.05) is 0 Å². The van der Waals surface area contributed by atoms with Crippen LogP contribution in [0.2, 0.25) is 0 Å². The minimum absolute atomic E-state index is 0.342. The summed E-state index contributed by atoms with van der Waals surface area (Å²) in [6.07, 6.45) is 1.51. The monoisotopic (exact) mass is 275 g/mol. The van der Waals surface area contributed by atoms with Gasteiger partial charge in [-0.05, 0) is 13.0 Å². The number of aliphatic hydroxyl groups is 1. The maximum atomic E-state index is 9.94. The van der Waals surface area contributed by atoms with Crippen molar-refractivity contribution in [3.8, 4) is 0 Å². The molecule has 6 heteroatoms. The van der Waals surface area contributed by atoms with E-state index in [2.05, 4.69) is 4.90 Å². The van der Waals surface area contributed by atoms with Crippen molar-refractivity contribution in [3.05, 3.63) is 0 Å². The third-order valence-electron chi connectivity index (χ3n) is 3.52. The zero-order chi connectivity index (χ0) is 13.6. The van der Waals surface area contributed by atoms with Gasteiger partial charge in [-0.25, -0.2) is 0 Å². The van der Waals surface area contributed by atoms with E-state index in [0.717, 1.165) is 25.9 Å². The summed E-state index contributed by atoms with van der Waals surface area (Å²) in [5.74, 6) is -0.422. The standard InChI is InChI=1S/C13H25NO5/c1-16-5-6-17-10-12(15)9-14-4-2-3-13(11-14)18-7-8-19-13/h12,15H,2-11H2,1H3. The topological polar surface area (TPSA) is 60.4 Å². The van der Waals surface area contributed by atoms with E-state index < -0.39 is 11.9 Å². The summed E-state index contributed by atoms with van der Waals surface area (Å²) in [7, 11) is 1.63. The molecular weight excluding hydrogens is 250 g/mol. The summed E-state index contributed by atoms with van der Waals surface area (Å²) >= 11 is 0. The van der Waals surface area contributed by atoms with Crippen LogP contribution in [0, 0.1) is 0 Å². The number of β-amino-alcohol motifs (C(OH)–C–C–N with tert-alkyl or cyclic N) is 1. The zero-order valence-corrected chi connectivity index (χ0v) is 11.7. The Kier molecular flexibility index (Phi) is 6.00. The number of hydrogen-bond donors (Lipinski definition) is 1. The second-order valence-corrected chi connectivity index (χ2v) is 5.17. The Morgan fingerprint density at radius 1 is 1.32 bits per heavy atom. The first-order chi connectivity index (χ1) is 9.24. The van der Waals surface area contributed by atoms with Gasteiger partial charge in [0.2, 0.25) is 0 Å². The highest BCUT2D eigenvalue weighted by molar-refractivity contribution is 4.84. The van der Waals surface area contributed by atoms with Gasteiger partial charge < -0.3 is 24.1 Å². The zero-order valence-electron chi connectivity index (χ0n) is 11.7. The van der Waals surface area contributed by atoms with Crippen molar-refractivity contribution >= 4 is 0 Å². The van der Waals surface area contributed by atoms with Gasteiger partial charge >= 0.3 is 0 Å². The Morgan fingerprint density at radius 2 is 2.11 bits per heavy atom. The number of nitrogens with zero attached hydrogens (tertiary/aromatic N) is 1. The lowest BCUT2D eigenvalue weighted by molar-refractivity contribution is -0.192. The van der Waals surface area contributed by atoms with Gasteiger partial charge in [0.15, 0.2) is 5.79 Å². The van der Waals surface area contributed by atoms with Crippen molar-refractivity contribution in [3.63, 3.8) is 0 Å². The van der Waals surface area contributed by atoms with Crippen molar-refractivity contribution in [2.75, 3.05) is 59.8 Å². The van der Waals surface area contributed by atoms with Gasteiger partial charge in [0.25, 0.3) is 0 Å². The van der Waals surface area contributed by atoms with Crippen molar-refractivity contribution in [2.45, 2.75) is 24.7 Å². The molecule has 6 nitrogen and oxygen atoms in total. The minimum atomic E-state index is -0.478. The molecular formula is C13H25NO5. The molecule has 0 amide bonds. The molecule has 2 heterocycles. The van der Waals surface area contributed by atoms with E-state index in [-0.39, 0.29) is 0 Å².